The summed E-state index contributed by atoms with van der Waals surface area (Å²) in [5.74, 6) is -0.609. The lowest BCUT2D eigenvalue weighted by atomic mass is 10.0. The van der Waals surface area contributed by atoms with Crippen molar-refractivity contribution in [1.82, 2.24) is 0 Å². The van der Waals surface area contributed by atoms with Gasteiger partial charge in [-0.15, -0.1) is 0 Å². The third-order valence-corrected chi connectivity index (χ3v) is 2.83. The topological polar surface area (TPSA) is 98.3 Å². The molecule has 0 spiro atoms. The zero-order chi connectivity index (χ0) is 13.9. The molecule has 0 radical (unpaired) electrons. The molecule has 18 heavy (non-hydrogen) atoms. The first-order valence-electron chi connectivity index (χ1n) is 5.63. The molecule has 0 saturated carbocycles. The average Bonchev–Trinajstić information content (AvgIpc) is 2.28. The van der Waals surface area contributed by atoms with Crippen LogP contribution in [0.3, 0.4) is 0 Å². The SMILES string of the molecule is CCC(C)(C)Nc1cc(C(N)=O)ccc1[N+](=O)[O-]. The molecule has 0 unspecified atom stereocenters. The summed E-state index contributed by atoms with van der Waals surface area (Å²) in [6, 6.07) is 4.05. The first-order valence-corrected chi connectivity index (χ1v) is 5.63. The Kier molecular flexibility index (Phi) is 3.90. The molecule has 1 aromatic carbocycles. The minimum absolute atomic E-state index is 0.0680. The number of carbonyl (C=O) groups excluding carboxylic acids is 1. The molecule has 1 rings (SSSR count). The summed E-state index contributed by atoms with van der Waals surface area (Å²) >= 11 is 0. The first kappa shape index (κ1) is 14.0. The third kappa shape index (κ3) is 3.19. The van der Waals surface area contributed by atoms with E-state index in [0.29, 0.717) is 5.69 Å². The predicted molar refractivity (Wildman–Crippen MR) is 69.6 cm³/mol. The number of rotatable bonds is 5. The van der Waals surface area contributed by atoms with Crippen LogP contribution in [0.15, 0.2) is 18.2 Å². The van der Waals surface area contributed by atoms with Gasteiger partial charge in [0.1, 0.15) is 5.69 Å². The van der Waals surface area contributed by atoms with Crippen molar-refractivity contribution in [3.05, 3.63) is 33.9 Å². The van der Waals surface area contributed by atoms with E-state index in [-0.39, 0.29) is 16.8 Å². The van der Waals surface area contributed by atoms with Crippen LogP contribution >= 0.6 is 0 Å². The highest BCUT2D eigenvalue weighted by molar-refractivity contribution is 5.94. The van der Waals surface area contributed by atoms with Crippen molar-refractivity contribution in [3.63, 3.8) is 0 Å². The smallest absolute Gasteiger partial charge is 0.292 e. The molecule has 1 aromatic rings. The van der Waals surface area contributed by atoms with E-state index < -0.39 is 10.8 Å². The highest BCUT2D eigenvalue weighted by Gasteiger charge is 2.22. The van der Waals surface area contributed by atoms with Crippen LogP contribution in [0.2, 0.25) is 0 Å². The minimum Gasteiger partial charge on any atom is -0.375 e. The molecule has 0 aliphatic heterocycles. The largest absolute Gasteiger partial charge is 0.375 e. The average molecular weight is 251 g/mol. The molecule has 98 valence electrons. The second-order valence-corrected chi connectivity index (χ2v) is 4.72. The fraction of sp³-hybridized carbons (Fsp3) is 0.417. The van der Waals surface area contributed by atoms with E-state index in [4.69, 9.17) is 5.73 Å². The number of hydrogen-bond acceptors (Lipinski definition) is 4. The maximum Gasteiger partial charge on any atom is 0.292 e. The van der Waals surface area contributed by atoms with Gasteiger partial charge in [-0.05, 0) is 32.4 Å². The summed E-state index contributed by atoms with van der Waals surface area (Å²) in [6.07, 6.45) is 0.783. The highest BCUT2D eigenvalue weighted by Crippen LogP contribution is 2.29. The Morgan fingerprint density at radius 3 is 2.56 bits per heavy atom. The van der Waals surface area contributed by atoms with Crippen LogP contribution in [-0.2, 0) is 0 Å². The molecular weight excluding hydrogens is 234 g/mol. The summed E-state index contributed by atoms with van der Waals surface area (Å²) in [5.41, 5.74) is 5.35. The quantitative estimate of drug-likeness (QED) is 0.619. The Bertz CT molecular complexity index is 483. The Morgan fingerprint density at radius 1 is 1.50 bits per heavy atom. The van der Waals surface area contributed by atoms with E-state index in [1.54, 1.807) is 0 Å². The van der Waals surface area contributed by atoms with Crippen molar-refractivity contribution >= 4 is 17.3 Å². The lowest BCUT2D eigenvalue weighted by Gasteiger charge is -2.25. The molecule has 0 saturated heterocycles. The van der Waals surface area contributed by atoms with Crippen LogP contribution in [0, 0.1) is 10.1 Å². The number of nitro benzene ring substituents is 1. The van der Waals surface area contributed by atoms with E-state index in [9.17, 15) is 14.9 Å². The normalized spacial score (nSPS) is 11.1. The van der Waals surface area contributed by atoms with Crippen LogP contribution < -0.4 is 11.1 Å². The zero-order valence-electron chi connectivity index (χ0n) is 10.7. The number of benzene rings is 1. The van der Waals surface area contributed by atoms with Crippen LogP contribution in [0.1, 0.15) is 37.6 Å². The fourth-order valence-electron chi connectivity index (χ4n) is 1.40. The van der Waals surface area contributed by atoms with Crippen LogP contribution in [-0.4, -0.2) is 16.4 Å². The number of carbonyl (C=O) groups is 1. The van der Waals surface area contributed by atoms with Crippen molar-refractivity contribution < 1.29 is 9.72 Å². The predicted octanol–water partition coefficient (Wildman–Crippen LogP) is 2.29. The Balaban J connectivity index is 3.24. The van der Waals surface area contributed by atoms with Crippen LogP contribution in [0.4, 0.5) is 11.4 Å². The third-order valence-electron chi connectivity index (χ3n) is 2.83. The molecule has 0 fully saturated rings. The second kappa shape index (κ2) is 5.03. The number of hydrogen-bond donors (Lipinski definition) is 2. The van der Waals surface area contributed by atoms with Gasteiger partial charge < -0.3 is 11.1 Å². The van der Waals surface area contributed by atoms with Gasteiger partial charge in [0.15, 0.2) is 0 Å². The van der Waals surface area contributed by atoms with Crippen LogP contribution in [0.25, 0.3) is 0 Å². The van der Waals surface area contributed by atoms with Crippen molar-refractivity contribution in [1.29, 1.82) is 0 Å². The molecule has 0 bridgehead atoms. The van der Waals surface area contributed by atoms with E-state index >= 15 is 0 Å². The van der Waals surface area contributed by atoms with Crippen molar-refractivity contribution in [2.45, 2.75) is 32.7 Å². The molecule has 0 heterocycles. The second-order valence-electron chi connectivity index (χ2n) is 4.72. The number of nitro groups is 1. The zero-order valence-corrected chi connectivity index (χ0v) is 10.7. The van der Waals surface area contributed by atoms with Gasteiger partial charge in [0, 0.05) is 17.2 Å². The lowest BCUT2D eigenvalue weighted by Crippen LogP contribution is -2.30. The molecule has 6 nitrogen and oxygen atoms in total. The van der Waals surface area contributed by atoms with Gasteiger partial charge in [-0.3, -0.25) is 14.9 Å². The summed E-state index contributed by atoms with van der Waals surface area (Å²) in [4.78, 5) is 21.5. The summed E-state index contributed by atoms with van der Waals surface area (Å²) < 4.78 is 0. The number of amides is 1. The van der Waals surface area contributed by atoms with Crippen molar-refractivity contribution in [2.75, 3.05) is 5.32 Å². The number of anilines is 1. The molecule has 0 atom stereocenters. The van der Waals surface area contributed by atoms with E-state index in [0.717, 1.165) is 6.42 Å². The van der Waals surface area contributed by atoms with Gasteiger partial charge in [0.25, 0.3) is 5.69 Å². The van der Waals surface area contributed by atoms with E-state index in [1.807, 2.05) is 20.8 Å². The first-order chi connectivity index (χ1) is 8.26. The van der Waals surface area contributed by atoms with Gasteiger partial charge in [-0.25, -0.2) is 0 Å². The molecule has 0 aliphatic rings. The Hall–Kier alpha value is -2.11. The van der Waals surface area contributed by atoms with Gasteiger partial charge in [-0.2, -0.15) is 0 Å². The number of nitrogens with two attached hydrogens (primary N) is 1. The number of nitrogens with zero attached hydrogens (tertiary/aromatic N) is 1. The summed E-state index contributed by atoms with van der Waals surface area (Å²) in [6.45, 7) is 5.82. The van der Waals surface area contributed by atoms with Gasteiger partial charge >= 0.3 is 0 Å². The Morgan fingerprint density at radius 2 is 2.11 bits per heavy atom. The van der Waals surface area contributed by atoms with Gasteiger partial charge in [0.05, 0.1) is 4.92 Å². The summed E-state index contributed by atoms with van der Waals surface area (Å²) in [5, 5.41) is 14.0. The van der Waals surface area contributed by atoms with E-state index in [2.05, 4.69) is 5.32 Å². The van der Waals surface area contributed by atoms with Crippen molar-refractivity contribution in [2.24, 2.45) is 5.73 Å². The Labute approximate surface area is 105 Å². The monoisotopic (exact) mass is 251 g/mol. The maximum absolute atomic E-state index is 11.1. The lowest BCUT2D eigenvalue weighted by molar-refractivity contribution is -0.384. The minimum atomic E-state index is -0.609. The van der Waals surface area contributed by atoms with Gasteiger partial charge in [0.2, 0.25) is 5.91 Å². The standard InChI is InChI=1S/C12H17N3O3/c1-4-12(2,3)14-9-7-8(11(13)16)5-6-10(9)15(17)18/h5-7,14H,4H2,1-3H3,(H2,13,16). The maximum atomic E-state index is 11.1. The molecular formula is C12H17N3O3. The number of nitrogens with one attached hydrogen (secondary N) is 1. The molecule has 0 aliphatic carbocycles. The number of primary amides is 1. The fourth-order valence-corrected chi connectivity index (χ4v) is 1.40. The molecule has 1 amide bonds. The van der Waals surface area contributed by atoms with E-state index in [1.165, 1.54) is 18.2 Å². The highest BCUT2D eigenvalue weighted by atomic mass is 16.6. The summed E-state index contributed by atoms with van der Waals surface area (Å²) in [7, 11) is 0. The molecule has 0 aromatic heterocycles. The van der Waals surface area contributed by atoms with Crippen LogP contribution in [0.5, 0.6) is 0 Å². The van der Waals surface area contributed by atoms with Gasteiger partial charge in [-0.1, -0.05) is 6.92 Å². The van der Waals surface area contributed by atoms with Crippen molar-refractivity contribution in [3.8, 4) is 0 Å². The molecule has 6 heteroatoms. The molecule has 3 N–H and O–H groups in total.